The van der Waals surface area contributed by atoms with E-state index in [1.54, 1.807) is 30.0 Å². The van der Waals surface area contributed by atoms with Crippen LogP contribution < -0.4 is 5.32 Å². The van der Waals surface area contributed by atoms with Crippen LogP contribution in [0.1, 0.15) is 35.5 Å². The first-order chi connectivity index (χ1) is 14.6. The number of piperazine rings is 1. The molecule has 31 heavy (non-hydrogen) atoms. The molecule has 0 unspecified atom stereocenters. The van der Waals surface area contributed by atoms with E-state index in [1.165, 1.54) is 16.6 Å². The number of carbonyl (C=O) groups is 2. The van der Waals surface area contributed by atoms with Crippen LogP contribution in [0.3, 0.4) is 0 Å². The molecule has 9 heteroatoms. The normalized spacial score (nSPS) is 16.4. The lowest BCUT2D eigenvalue weighted by atomic mass is 10.0. The van der Waals surface area contributed by atoms with Crippen LogP contribution in [0, 0.1) is 19.8 Å². The first kappa shape index (κ1) is 23.0. The topological polar surface area (TPSA) is 99.9 Å². The average Bonchev–Trinajstić information content (AvgIpc) is 3.28. The van der Waals surface area contributed by atoms with Gasteiger partial charge in [0.25, 0.3) is 5.91 Å². The van der Waals surface area contributed by atoms with Gasteiger partial charge in [-0.05, 0) is 49.1 Å². The Morgan fingerprint density at radius 2 is 1.74 bits per heavy atom. The van der Waals surface area contributed by atoms with Crippen LogP contribution in [0.2, 0.25) is 0 Å². The predicted octanol–water partition coefficient (Wildman–Crippen LogP) is 2.18. The van der Waals surface area contributed by atoms with E-state index in [1.807, 2.05) is 26.8 Å². The standard InChI is InChI=1S/C22H29N3O5S/c1-15(2)20(23-21(26)18-6-5-13-30-18)22(27)24-9-11-25(12-10-24)31(28,29)19-14-16(3)7-8-17(19)4/h5-8,13-15,20H,9-12H2,1-4H3,(H,23,26)/t20-/m1/s1. The van der Waals surface area contributed by atoms with Gasteiger partial charge < -0.3 is 14.6 Å². The van der Waals surface area contributed by atoms with Crippen molar-refractivity contribution in [3.05, 3.63) is 53.5 Å². The average molecular weight is 448 g/mol. The Bertz CT molecular complexity index is 1040. The van der Waals surface area contributed by atoms with Crippen LogP contribution in [0.4, 0.5) is 0 Å². The Kier molecular flexibility index (Phi) is 6.86. The molecular weight excluding hydrogens is 418 g/mol. The molecule has 1 aromatic heterocycles. The van der Waals surface area contributed by atoms with Crippen molar-refractivity contribution in [3.8, 4) is 0 Å². The van der Waals surface area contributed by atoms with Crippen molar-refractivity contribution in [2.75, 3.05) is 26.2 Å². The van der Waals surface area contributed by atoms with E-state index >= 15 is 0 Å². The molecule has 8 nitrogen and oxygen atoms in total. The number of hydrogen-bond acceptors (Lipinski definition) is 5. The maximum atomic E-state index is 13.1. The number of nitrogens with one attached hydrogen (secondary N) is 1. The van der Waals surface area contributed by atoms with Gasteiger partial charge in [0.05, 0.1) is 11.2 Å². The fourth-order valence-corrected chi connectivity index (χ4v) is 5.34. The highest BCUT2D eigenvalue weighted by atomic mass is 32.2. The maximum Gasteiger partial charge on any atom is 0.287 e. The molecule has 1 N–H and O–H groups in total. The zero-order valence-electron chi connectivity index (χ0n) is 18.3. The number of sulfonamides is 1. The Hall–Kier alpha value is -2.65. The minimum absolute atomic E-state index is 0.136. The largest absolute Gasteiger partial charge is 0.459 e. The molecule has 2 aromatic rings. The second kappa shape index (κ2) is 9.23. The lowest BCUT2D eigenvalue weighted by Gasteiger charge is -2.36. The van der Waals surface area contributed by atoms with Gasteiger partial charge in [0.15, 0.2) is 5.76 Å². The van der Waals surface area contributed by atoms with E-state index in [9.17, 15) is 18.0 Å². The minimum atomic E-state index is -3.64. The van der Waals surface area contributed by atoms with Crippen molar-refractivity contribution in [1.82, 2.24) is 14.5 Å². The van der Waals surface area contributed by atoms with Crippen LogP contribution >= 0.6 is 0 Å². The number of hydrogen-bond donors (Lipinski definition) is 1. The van der Waals surface area contributed by atoms with E-state index < -0.39 is 22.0 Å². The van der Waals surface area contributed by atoms with Gasteiger partial charge in [-0.25, -0.2) is 8.42 Å². The molecule has 0 spiro atoms. The van der Waals surface area contributed by atoms with Gasteiger partial charge in [-0.15, -0.1) is 0 Å². The van der Waals surface area contributed by atoms with E-state index in [0.29, 0.717) is 10.5 Å². The SMILES string of the molecule is Cc1ccc(C)c(S(=O)(=O)N2CCN(C(=O)[C@H](NC(=O)c3ccco3)C(C)C)CC2)c1. The highest BCUT2D eigenvalue weighted by Crippen LogP contribution is 2.23. The predicted molar refractivity (Wildman–Crippen MR) is 116 cm³/mol. The number of benzene rings is 1. The van der Waals surface area contributed by atoms with Gasteiger partial charge in [0.1, 0.15) is 6.04 Å². The molecule has 0 saturated carbocycles. The third-order valence-electron chi connectivity index (χ3n) is 5.48. The third kappa shape index (κ3) is 4.99. The molecule has 0 bridgehead atoms. The van der Waals surface area contributed by atoms with Crippen LogP contribution in [-0.4, -0.2) is 61.7 Å². The number of aryl methyl sites for hydroxylation is 2. The van der Waals surface area contributed by atoms with Crippen molar-refractivity contribution in [2.24, 2.45) is 5.92 Å². The van der Waals surface area contributed by atoms with E-state index in [-0.39, 0.29) is 43.8 Å². The lowest BCUT2D eigenvalue weighted by molar-refractivity contribution is -0.135. The summed E-state index contributed by atoms with van der Waals surface area (Å²) in [4.78, 5) is 27.3. The molecule has 2 heterocycles. The molecule has 2 amide bonds. The molecule has 1 aromatic carbocycles. The highest BCUT2D eigenvalue weighted by Gasteiger charge is 2.35. The second-order valence-electron chi connectivity index (χ2n) is 8.17. The number of amides is 2. The zero-order chi connectivity index (χ0) is 22.8. The Morgan fingerprint density at radius 1 is 1.06 bits per heavy atom. The fraction of sp³-hybridized carbons (Fsp3) is 0.455. The number of furan rings is 1. The van der Waals surface area contributed by atoms with Crippen LogP contribution in [0.5, 0.6) is 0 Å². The van der Waals surface area contributed by atoms with Gasteiger partial charge in [-0.2, -0.15) is 4.31 Å². The van der Waals surface area contributed by atoms with Crippen molar-refractivity contribution < 1.29 is 22.4 Å². The van der Waals surface area contributed by atoms with Crippen molar-refractivity contribution in [1.29, 1.82) is 0 Å². The maximum absolute atomic E-state index is 13.1. The molecule has 1 aliphatic heterocycles. The van der Waals surface area contributed by atoms with Crippen molar-refractivity contribution in [2.45, 2.75) is 38.6 Å². The Labute approximate surface area is 183 Å². The van der Waals surface area contributed by atoms with Gasteiger partial charge in [-0.1, -0.05) is 26.0 Å². The summed E-state index contributed by atoms with van der Waals surface area (Å²) in [5, 5.41) is 2.74. The molecule has 3 rings (SSSR count). The highest BCUT2D eigenvalue weighted by molar-refractivity contribution is 7.89. The Morgan fingerprint density at radius 3 is 2.32 bits per heavy atom. The summed E-state index contributed by atoms with van der Waals surface area (Å²) in [6, 6.07) is 7.79. The minimum Gasteiger partial charge on any atom is -0.459 e. The summed E-state index contributed by atoms with van der Waals surface area (Å²) in [6.45, 7) is 8.29. The molecule has 168 valence electrons. The quantitative estimate of drug-likeness (QED) is 0.732. The van der Waals surface area contributed by atoms with Gasteiger partial charge >= 0.3 is 0 Å². The monoisotopic (exact) mass is 447 g/mol. The van der Waals surface area contributed by atoms with Gasteiger partial charge in [0, 0.05) is 26.2 Å². The van der Waals surface area contributed by atoms with E-state index in [2.05, 4.69) is 5.32 Å². The zero-order valence-corrected chi connectivity index (χ0v) is 19.1. The molecule has 1 aliphatic rings. The molecule has 1 fully saturated rings. The second-order valence-corrected chi connectivity index (χ2v) is 10.1. The van der Waals surface area contributed by atoms with Gasteiger partial charge in [-0.3, -0.25) is 9.59 Å². The summed E-state index contributed by atoms with van der Waals surface area (Å²) in [5.41, 5.74) is 1.58. The van der Waals surface area contributed by atoms with Crippen molar-refractivity contribution in [3.63, 3.8) is 0 Å². The summed E-state index contributed by atoms with van der Waals surface area (Å²) in [5.74, 6) is -0.669. The van der Waals surface area contributed by atoms with Crippen LogP contribution in [-0.2, 0) is 14.8 Å². The fourth-order valence-electron chi connectivity index (χ4n) is 3.60. The summed E-state index contributed by atoms with van der Waals surface area (Å²) >= 11 is 0. The van der Waals surface area contributed by atoms with E-state index in [4.69, 9.17) is 4.42 Å². The summed E-state index contributed by atoms with van der Waals surface area (Å²) < 4.78 is 32.7. The third-order valence-corrected chi connectivity index (χ3v) is 7.52. The van der Waals surface area contributed by atoms with E-state index in [0.717, 1.165) is 5.56 Å². The van der Waals surface area contributed by atoms with Crippen LogP contribution in [0.25, 0.3) is 0 Å². The molecule has 0 radical (unpaired) electrons. The molecule has 1 atom stereocenters. The molecule has 0 aliphatic carbocycles. The van der Waals surface area contributed by atoms with Gasteiger partial charge in [0.2, 0.25) is 15.9 Å². The number of rotatable bonds is 6. The lowest BCUT2D eigenvalue weighted by Crippen LogP contribution is -2.57. The Balaban J connectivity index is 1.68. The first-order valence-corrected chi connectivity index (χ1v) is 11.8. The molecule has 1 saturated heterocycles. The number of nitrogens with zero attached hydrogens (tertiary/aromatic N) is 2. The smallest absolute Gasteiger partial charge is 0.287 e. The molecular formula is C22H29N3O5S. The summed E-state index contributed by atoms with van der Waals surface area (Å²) in [7, 11) is -3.64. The van der Waals surface area contributed by atoms with Crippen LogP contribution in [0.15, 0.2) is 45.9 Å². The van der Waals surface area contributed by atoms with Crippen molar-refractivity contribution >= 4 is 21.8 Å². The number of carbonyl (C=O) groups excluding carboxylic acids is 2. The summed E-state index contributed by atoms with van der Waals surface area (Å²) in [6.07, 6.45) is 1.40. The first-order valence-electron chi connectivity index (χ1n) is 10.3.